The molecule has 0 saturated heterocycles. The van der Waals surface area contributed by atoms with Gasteiger partial charge in [-0.1, -0.05) is 117 Å². The van der Waals surface area contributed by atoms with Crippen molar-refractivity contribution in [3.63, 3.8) is 0 Å². The number of hydrogen-bond donors (Lipinski definition) is 1. The Morgan fingerprint density at radius 3 is 1.50 bits per heavy atom. The van der Waals surface area contributed by atoms with Crippen molar-refractivity contribution in [1.82, 2.24) is 5.48 Å². The van der Waals surface area contributed by atoms with E-state index in [9.17, 15) is 0 Å². The molecule has 0 spiro atoms. The van der Waals surface area contributed by atoms with Crippen LogP contribution in [0.3, 0.4) is 0 Å². The van der Waals surface area contributed by atoms with Gasteiger partial charge in [-0.25, -0.2) is 5.48 Å². The van der Waals surface area contributed by atoms with Gasteiger partial charge < -0.3 is 4.84 Å². The summed E-state index contributed by atoms with van der Waals surface area (Å²) >= 11 is 0. The molecule has 0 radical (unpaired) electrons. The van der Waals surface area contributed by atoms with E-state index in [2.05, 4.69) is 37.8 Å². The first kappa shape index (κ1) is 25.0. The van der Waals surface area contributed by atoms with Crippen LogP contribution in [0.25, 0.3) is 0 Å². The number of hydrogen-bond acceptors (Lipinski definition) is 3. The molecule has 0 aromatic carbocycles. The predicted octanol–water partition coefficient (Wildman–Crippen LogP) is 8.46. The number of aliphatic imine (C=N–C) groups is 1. The molecule has 164 valence electrons. The second kappa shape index (κ2) is 15.9. The predicted molar refractivity (Wildman–Crippen MR) is 123 cm³/mol. The Kier molecular flexibility index (Phi) is 14.2. The SMILES string of the molecule is C=C1N=C(C(CC)(CC)CCCCCCCCCCCCCCCCC)NO1. The molecule has 0 atom stereocenters. The van der Waals surface area contributed by atoms with Gasteiger partial charge in [-0.2, -0.15) is 4.99 Å². The van der Waals surface area contributed by atoms with Crippen LogP contribution < -0.4 is 5.48 Å². The van der Waals surface area contributed by atoms with E-state index in [0.717, 1.165) is 18.7 Å². The molecular weight excluding hydrogens is 344 g/mol. The largest absolute Gasteiger partial charge is 0.361 e. The van der Waals surface area contributed by atoms with Gasteiger partial charge in [0.25, 0.3) is 0 Å². The van der Waals surface area contributed by atoms with Crippen LogP contribution in [0.1, 0.15) is 136 Å². The van der Waals surface area contributed by atoms with E-state index in [1.807, 2.05) is 0 Å². The van der Waals surface area contributed by atoms with Crippen LogP contribution in [0.5, 0.6) is 0 Å². The number of rotatable bonds is 19. The van der Waals surface area contributed by atoms with Crippen LogP contribution in [-0.2, 0) is 4.84 Å². The smallest absolute Gasteiger partial charge is 0.240 e. The molecule has 1 heterocycles. The normalized spacial score (nSPS) is 14.1. The Hall–Kier alpha value is -0.990. The lowest BCUT2D eigenvalue weighted by molar-refractivity contribution is 0.167. The van der Waals surface area contributed by atoms with Crippen LogP contribution in [0.15, 0.2) is 17.5 Å². The van der Waals surface area contributed by atoms with Crippen LogP contribution in [0.2, 0.25) is 0 Å². The molecule has 1 rings (SSSR count). The zero-order valence-electron chi connectivity index (χ0n) is 19.3. The minimum Gasteiger partial charge on any atom is -0.361 e. The Morgan fingerprint density at radius 1 is 0.714 bits per heavy atom. The number of nitrogens with one attached hydrogen (secondary N) is 1. The van der Waals surface area contributed by atoms with Crippen molar-refractivity contribution in [2.75, 3.05) is 0 Å². The van der Waals surface area contributed by atoms with Crippen molar-refractivity contribution in [2.45, 2.75) is 136 Å². The minimum absolute atomic E-state index is 0.135. The van der Waals surface area contributed by atoms with Gasteiger partial charge in [0.05, 0.1) is 0 Å². The fraction of sp³-hybridized carbons (Fsp3) is 0.880. The summed E-state index contributed by atoms with van der Waals surface area (Å²) in [5.74, 6) is 1.49. The zero-order valence-corrected chi connectivity index (χ0v) is 19.3. The Labute approximate surface area is 175 Å². The van der Waals surface area contributed by atoms with Gasteiger partial charge in [-0.05, 0) is 25.8 Å². The molecule has 0 aromatic heterocycles. The highest BCUT2D eigenvalue weighted by molar-refractivity contribution is 5.89. The lowest BCUT2D eigenvalue weighted by Crippen LogP contribution is -2.37. The highest BCUT2D eigenvalue weighted by atomic mass is 16.7. The second-order valence-corrected chi connectivity index (χ2v) is 8.75. The van der Waals surface area contributed by atoms with Gasteiger partial charge in [0, 0.05) is 5.41 Å². The molecule has 0 aliphatic carbocycles. The third-order valence-corrected chi connectivity index (χ3v) is 6.62. The van der Waals surface area contributed by atoms with E-state index >= 15 is 0 Å². The minimum atomic E-state index is 0.135. The molecule has 0 fully saturated rings. The molecule has 0 amide bonds. The van der Waals surface area contributed by atoms with Crippen molar-refractivity contribution < 1.29 is 4.84 Å². The fourth-order valence-corrected chi connectivity index (χ4v) is 4.40. The number of hydroxylamine groups is 1. The molecule has 1 aliphatic rings. The van der Waals surface area contributed by atoms with Crippen molar-refractivity contribution in [1.29, 1.82) is 0 Å². The Bertz CT molecular complexity index is 426. The third-order valence-electron chi connectivity index (χ3n) is 6.62. The van der Waals surface area contributed by atoms with E-state index in [4.69, 9.17) is 4.84 Å². The summed E-state index contributed by atoms with van der Waals surface area (Å²) < 4.78 is 0. The maximum Gasteiger partial charge on any atom is 0.240 e. The summed E-state index contributed by atoms with van der Waals surface area (Å²) in [4.78, 5) is 9.74. The van der Waals surface area contributed by atoms with E-state index in [1.165, 1.54) is 103 Å². The van der Waals surface area contributed by atoms with E-state index in [-0.39, 0.29) is 5.41 Å². The standard InChI is InChI=1S/C25H48N2O/c1-5-8-9-10-11-12-13-14-15-16-17-18-19-20-21-22-25(6-2,7-3)24-26-23(4)28-27-24/h4-22H2,1-3H3,(H,26,27). The number of amidine groups is 1. The molecule has 0 saturated carbocycles. The summed E-state index contributed by atoms with van der Waals surface area (Å²) in [6.45, 7) is 10.6. The highest BCUT2D eigenvalue weighted by Gasteiger charge is 2.35. The van der Waals surface area contributed by atoms with Gasteiger partial charge >= 0.3 is 0 Å². The van der Waals surface area contributed by atoms with Gasteiger partial charge in [0.2, 0.25) is 5.88 Å². The quantitative estimate of drug-likeness (QED) is 0.224. The maximum atomic E-state index is 5.26. The summed E-state index contributed by atoms with van der Waals surface area (Å²) in [7, 11) is 0. The second-order valence-electron chi connectivity index (χ2n) is 8.75. The summed E-state index contributed by atoms with van der Waals surface area (Å²) in [5.41, 5.74) is 3.14. The highest BCUT2D eigenvalue weighted by Crippen LogP contribution is 2.36. The summed E-state index contributed by atoms with van der Waals surface area (Å²) in [5, 5.41) is 0. The van der Waals surface area contributed by atoms with E-state index < -0.39 is 0 Å². The molecule has 0 bridgehead atoms. The first-order valence-corrected chi connectivity index (χ1v) is 12.4. The van der Waals surface area contributed by atoms with Crippen molar-refractivity contribution in [3.05, 3.63) is 12.5 Å². The summed E-state index contributed by atoms with van der Waals surface area (Å²) in [6, 6.07) is 0. The van der Waals surface area contributed by atoms with Gasteiger partial charge in [0.15, 0.2) is 0 Å². The molecular formula is C25H48N2O. The van der Waals surface area contributed by atoms with E-state index in [0.29, 0.717) is 5.88 Å². The first-order valence-electron chi connectivity index (χ1n) is 12.4. The molecule has 1 N–H and O–H groups in total. The Balaban J connectivity index is 1.97. The van der Waals surface area contributed by atoms with Gasteiger partial charge in [-0.3, -0.25) is 0 Å². The maximum absolute atomic E-state index is 5.26. The number of unbranched alkanes of at least 4 members (excludes halogenated alkanes) is 14. The molecule has 0 aromatic rings. The molecule has 3 heteroatoms. The Morgan fingerprint density at radius 2 is 1.14 bits per heavy atom. The number of nitrogens with zero attached hydrogens (tertiary/aromatic N) is 1. The van der Waals surface area contributed by atoms with Crippen LogP contribution in [0, 0.1) is 5.41 Å². The molecule has 3 nitrogen and oxygen atoms in total. The monoisotopic (exact) mass is 392 g/mol. The lowest BCUT2D eigenvalue weighted by atomic mass is 9.76. The lowest BCUT2D eigenvalue weighted by Gasteiger charge is -2.30. The average molecular weight is 393 g/mol. The zero-order chi connectivity index (χ0) is 20.5. The molecule has 1 aliphatic heterocycles. The first-order chi connectivity index (χ1) is 13.7. The van der Waals surface area contributed by atoms with Crippen molar-refractivity contribution in [3.8, 4) is 0 Å². The van der Waals surface area contributed by atoms with Crippen molar-refractivity contribution >= 4 is 5.84 Å². The average Bonchev–Trinajstić information content (AvgIpc) is 3.15. The van der Waals surface area contributed by atoms with Crippen LogP contribution in [0.4, 0.5) is 0 Å². The van der Waals surface area contributed by atoms with E-state index in [1.54, 1.807) is 0 Å². The topological polar surface area (TPSA) is 33.6 Å². The van der Waals surface area contributed by atoms with Gasteiger partial charge in [0.1, 0.15) is 5.84 Å². The van der Waals surface area contributed by atoms with Crippen molar-refractivity contribution in [2.24, 2.45) is 10.4 Å². The fourth-order valence-electron chi connectivity index (χ4n) is 4.40. The molecule has 0 unspecified atom stereocenters. The summed E-state index contributed by atoms with van der Waals surface area (Å²) in [6.07, 6.45) is 24.6. The van der Waals surface area contributed by atoms with Crippen LogP contribution in [-0.4, -0.2) is 5.84 Å². The van der Waals surface area contributed by atoms with Gasteiger partial charge in [-0.15, -0.1) is 0 Å². The third kappa shape index (κ3) is 9.98. The van der Waals surface area contributed by atoms with Crippen LogP contribution >= 0.6 is 0 Å². The molecule has 28 heavy (non-hydrogen) atoms.